The summed E-state index contributed by atoms with van der Waals surface area (Å²) in [6.45, 7) is 0. The Morgan fingerprint density at radius 1 is 0.935 bits per heavy atom. The molecular weight excluding hydrogens is 412 g/mol. The molecule has 1 N–H and O–H groups in total. The lowest BCUT2D eigenvalue weighted by atomic mass is 10.1. The number of aromatic hydroxyl groups is 1. The molecule has 0 unspecified atom stereocenters. The SMILES string of the molecule is O=c1c2cc(-c3ccc(Cl)cc3)nc(-c3cccnc3)c2ncn1-c1ccccc1O. The predicted molar refractivity (Wildman–Crippen MR) is 120 cm³/mol. The molecule has 3 aromatic heterocycles. The largest absolute Gasteiger partial charge is 0.506 e. The molecule has 0 atom stereocenters. The van der Waals surface area contributed by atoms with E-state index < -0.39 is 0 Å². The molecule has 6 nitrogen and oxygen atoms in total. The fraction of sp³-hybridized carbons (Fsp3) is 0. The zero-order chi connectivity index (χ0) is 21.4. The van der Waals surface area contributed by atoms with Crippen LogP contribution >= 0.6 is 11.6 Å². The van der Waals surface area contributed by atoms with Gasteiger partial charge in [0.05, 0.1) is 22.5 Å². The molecule has 0 aliphatic heterocycles. The van der Waals surface area contributed by atoms with Crippen molar-refractivity contribution in [1.82, 2.24) is 19.5 Å². The molecule has 0 bridgehead atoms. The number of phenols is 1. The van der Waals surface area contributed by atoms with Gasteiger partial charge in [-0.05, 0) is 42.5 Å². The highest BCUT2D eigenvalue weighted by Crippen LogP contribution is 2.29. The summed E-state index contributed by atoms with van der Waals surface area (Å²) in [5, 5.41) is 11.2. The quantitative estimate of drug-likeness (QED) is 0.445. The minimum absolute atomic E-state index is 0.00906. The number of pyridine rings is 2. The third-order valence-corrected chi connectivity index (χ3v) is 5.21. The highest BCUT2D eigenvalue weighted by Gasteiger charge is 2.16. The molecule has 0 amide bonds. The summed E-state index contributed by atoms with van der Waals surface area (Å²) in [6.07, 6.45) is 4.76. The number of para-hydroxylation sites is 2. The molecule has 0 spiro atoms. The highest BCUT2D eigenvalue weighted by molar-refractivity contribution is 6.30. The lowest BCUT2D eigenvalue weighted by molar-refractivity contribution is 0.471. The van der Waals surface area contributed by atoms with Gasteiger partial charge in [-0.3, -0.25) is 14.3 Å². The van der Waals surface area contributed by atoms with Gasteiger partial charge in [-0.25, -0.2) is 9.97 Å². The summed E-state index contributed by atoms with van der Waals surface area (Å²) in [4.78, 5) is 26.9. The van der Waals surface area contributed by atoms with Crippen molar-refractivity contribution in [3.63, 3.8) is 0 Å². The summed E-state index contributed by atoms with van der Waals surface area (Å²) in [5.74, 6) is -0.00906. The molecule has 0 saturated heterocycles. The highest BCUT2D eigenvalue weighted by atomic mass is 35.5. The lowest BCUT2D eigenvalue weighted by Crippen LogP contribution is -2.19. The minimum atomic E-state index is -0.311. The van der Waals surface area contributed by atoms with Crippen LogP contribution in [0.15, 0.2) is 90.2 Å². The molecule has 0 radical (unpaired) electrons. The number of hydrogen-bond donors (Lipinski definition) is 1. The average Bonchev–Trinajstić information content (AvgIpc) is 2.81. The monoisotopic (exact) mass is 426 g/mol. The molecule has 0 saturated carbocycles. The van der Waals surface area contributed by atoms with E-state index in [4.69, 9.17) is 16.6 Å². The van der Waals surface area contributed by atoms with Crippen LogP contribution in [0.1, 0.15) is 0 Å². The van der Waals surface area contributed by atoms with Crippen LogP contribution in [0.25, 0.3) is 39.1 Å². The molecule has 5 aromatic rings. The van der Waals surface area contributed by atoms with Crippen molar-refractivity contribution >= 4 is 22.5 Å². The van der Waals surface area contributed by atoms with Crippen LogP contribution in [0.4, 0.5) is 0 Å². The molecule has 7 heteroatoms. The minimum Gasteiger partial charge on any atom is -0.506 e. The van der Waals surface area contributed by atoms with E-state index >= 15 is 0 Å². The van der Waals surface area contributed by atoms with E-state index in [2.05, 4.69) is 9.97 Å². The van der Waals surface area contributed by atoms with Crippen LogP contribution in [0, 0.1) is 0 Å². The van der Waals surface area contributed by atoms with Crippen LogP contribution in [0.3, 0.4) is 0 Å². The van der Waals surface area contributed by atoms with Gasteiger partial charge in [0, 0.05) is 28.5 Å². The standard InChI is InChI=1S/C24H15ClN4O2/c25-17-9-7-15(8-10-17)19-12-18-23(22(28-19)16-4-3-11-26-13-16)27-14-29(24(18)31)20-5-1-2-6-21(20)30/h1-14,30H. The fourth-order valence-electron chi connectivity index (χ4n) is 3.44. The first kappa shape index (κ1) is 19.0. The van der Waals surface area contributed by atoms with Gasteiger partial charge >= 0.3 is 0 Å². The fourth-order valence-corrected chi connectivity index (χ4v) is 3.57. The molecular formula is C24H15ClN4O2. The van der Waals surface area contributed by atoms with Crippen molar-refractivity contribution in [3.05, 3.63) is 101 Å². The van der Waals surface area contributed by atoms with Crippen molar-refractivity contribution in [1.29, 1.82) is 0 Å². The normalized spacial score (nSPS) is 11.0. The van der Waals surface area contributed by atoms with Crippen molar-refractivity contribution in [2.24, 2.45) is 0 Å². The first-order valence-electron chi connectivity index (χ1n) is 9.49. The van der Waals surface area contributed by atoms with E-state index in [9.17, 15) is 9.90 Å². The number of benzene rings is 2. The van der Waals surface area contributed by atoms with Gasteiger partial charge in [-0.15, -0.1) is 0 Å². The Bertz CT molecular complexity index is 1470. The van der Waals surface area contributed by atoms with E-state index in [0.29, 0.717) is 33.0 Å². The zero-order valence-electron chi connectivity index (χ0n) is 16.1. The summed E-state index contributed by atoms with van der Waals surface area (Å²) < 4.78 is 1.33. The van der Waals surface area contributed by atoms with Crippen LogP contribution in [0.2, 0.25) is 5.02 Å². The number of nitrogens with zero attached hydrogens (tertiary/aromatic N) is 4. The van der Waals surface area contributed by atoms with E-state index in [1.165, 1.54) is 17.0 Å². The Balaban J connectivity index is 1.83. The van der Waals surface area contributed by atoms with Gasteiger partial charge in [0.25, 0.3) is 5.56 Å². The van der Waals surface area contributed by atoms with Crippen LogP contribution in [-0.2, 0) is 0 Å². The molecule has 2 aromatic carbocycles. The number of rotatable bonds is 3. The Labute approximate surface area is 182 Å². The van der Waals surface area contributed by atoms with Gasteiger partial charge < -0.3 is 5.11 Å². The molecule has 3 heterocycles. The number of fused-ring (bicyclic) bond motifs is 1. The first-order valence-corrected chi connectivity index (χ1v) is 9.87. The van der Waals surface area contributed by atoms with Gasteiger partial charge in [-0.2, -0.15) is 0 Å². The molecule has 0 aliphatic carbocycles. The van der Waals surface area contributed by atoms with Crippen LogP contribution in [0.5, 0.6) is 5.75 Å². The van der Waals surface area contributed by atoms with Crippen molar-refractivity contribution in [3.8, 4) is 34.0 Å². The average molecular weight is 427 g/mol. The van der Waals surface area contributed by atoms with E-state index in [1.807, 2.05) is 18.2 Å². The summed E-state index contributed by atoms with van der Waals surface area (Å²) in [7, 11) is 0. The Morgan fingerprint density at radius 2 is 1.74 bits per heavy atom. The number of aromatic nitrogens is 4. The van der Waals surface area contributed by atoms with Gasteiger partial charge in [0.15, 0.2) is 0 Å². The van der Waals surface area contributed by atoms with Gasteiger partial charge in [-0.1, -0.05) is 35.9 Å². The Morgan fingerprint density at radius 3 is 2.48 bits per heavy atom. The van der Waals surface area contributed by atoms with E-state index in [0.717, 1.165) is 11.1 Å². The Kier molecular flexibility index (Phi) is 4.69. The third kappa shape index (κ3) is 3.43. The summed E-state index contributed by atoms with van der Waals surface area (Å²) in [5.41, 5.74) is 3.23. The molecule has 0 fully saturated rings. The maximum absolute atomic E-state index is 13.4. The van der Waals surface area contributed by atoms with E-state index in [1.54, 1.807) is 54.9 Å². The third-order valence-electron chi connectivity index (χ3n) is 4.96. The second-order valence-electron chi connectivity index (χ2n) is 6.91. The molecule has 31 heavy (non-hydrogen) atoms. The molecule has 5 rings (SSSR count). The van der Waals surface area contributed by atoms with Gasteiger partial charge in [0.1, 0.15) is 17.6 Å². The zero-order valence-corrected chi connectivity index (χ0v) is 16.9. The second kappa shape index (κ2) is 7.66. The van der Waals surface area contributed by atoms with Gasteiger partial charge in [0.2, 0.25) is 0 Å². The predicted octanol–water partition coefficient (Wildman–Crippen LogP) is 4.87. The maximum atomic E-state index is 13.4. The summed E-state index contributed by atoms with van der Waals surface area (Å²) in [6, 6.07) is 19.3. The molecule has 150 valence electrons. The smallest absolute Gasteiger partial charge is 0.266 e. The maximum Gasteiger partial charge on any atom is 0.266 e. The number of phenolic OH excluding ortho intramolecular Hbond substituents is 1. The Hall–Kier alpha value is -4.03. The number of hydrogen-bond acceptors (Lipinski definition) is 5. The van der Waals surface area contributed by atoms with Crippen molar-refractivity contribution in [2.75, 3.05) is 0 Å². The second-order valence-corrected chi connectivity index (χ2v) is 7.35. The van der Waals surface area contributed by atoms with E-state index in [-0.39, 0.29) is 11.3 Å². The van der Waals surface area contributed by atoms with Crippen molar-refractivity contribution in [2.45, 2.75) is 0 Å². The number of halogens is 1. The van der Waals surface area contributed by atoms with Crippen molar-refractivity contribution < 1.29 is 5.11 Å². The molecule has 0 aliphatic rings. The summed E-state index contributed by atoms with van der Waals surface area (Å²) >= 11 is 6.03. The van der Waals surface area contributed by atoms with Crippen LogP contribution < -0.4 is 5.56 Å². The lowest BCUT2D eigenvalue weighted by Gasteiger charge is -2.12. The van der Waals surface area contributed by atoms with Crippen LogP contribution in [-0.4, -0.2) is 24.6 Å². The topological polar surface area (TPSA) is 80.9 Å². The first-order chi connectivity index (χ1) is 15.1.